The van der Waals surface area contributed by atoms with Crippen molar-refractivity contribution in [2.24, 2.45) is 0 Å². The van der Waals surface area contributed by atoms with E-state index in [2.05, 4.69) is 0 Å². The molecule has 0 aromatic carbocycles. The number of rotatable bonds is 1. The zero-order valence-corrected chi connectivity index (χ0v) is 10.7. The number of carbonyl (C=O) groups is 2. The normalized spacial score (nSPS) is 34.9. The van der Waals surface area contributed by atoms with Crippen molar-refractivity contribution in [2.45, 2.75) is 56.9 Å². The number of piperidine rings is 2. The molecule has 0 aromatic heterocycles. The number of amides is 1. The minimum Gasteiger partial charge on any atom is -0.460 e. The van der Waals surface area contributed by atoms with Gasteiger partial charge in [0.05, 0.1) is 19.3 Å². The van der Waals surface area contributed by atoms with Crippen LogP contribution >= 0.6 is 0 Å². The molecule has 18 heavy (non-hydrogen) atoms. The lowest BCUT2D eigenvalue weighted by Gasteiger charge is -2.50. The van der Waals surface area contributed by atoms with Gasteiger partial charge in [0, 0.05) is 13.0 Å². The predicted octanol–water partition coefficient (Wildman–Crippen LogP) is 0.672. The molecule has 4 atom stereocenters. The van der Waals surface area contributed by atoms with Crippen LogP contribution in [0.15, 0.2) is 0 Å². The topological polar surface area (TPSA) is 76.1 Å². The Kier molecular flexibility index (Phi) is 3.75. The highest BCUT2D eigenvalue weighted by atomic mass is 16.6. The Morgan fingerprint density at radius 3 is 2.50 bits per heavy atom. The average Bonchev–Trinajstić information content (AvgIpc) is 2.34. The summed E-state index contributed by atoms with van der Waals surface area (Å²) in [5.41, 5.74) is 0. The first-order valence-corrected chi connectivity index (χ1v) is 6.26. The maximum absolute atomic E-state index is 11.8. The van der Waals surface area contributed by atoms with Gasteiger partial charge in [0.1, 0.15) is 6.10 Å². The van der Waals surface area contributed by atoms with E-state index >= 15 is 0 Å². The third-order valence-corrected chi connectivity index (χ3v) is 3.77. The number of methoxy groups -OCH3 is 1. The molecule has 2 saturated heterocycles. The number of carbonyl (C=O) groups excluding carboxylic acids is 2. The minimum absolute atomic E-state index is 0.0812. The number of aliphatic hydroxyl groups is 1. The SMILES string of the molecule is COC(=O)N1[C@@H]2CC[C@@H](O)[C@H]1[C@@H](OC(C)=O)CC2. The fraction of sp³-hybridized carbons (Fsp3) is 0.833. The van der Waals surface area contributed by atoms with Gasteiger partial charge in [0.25, 0.3) is 0 Å². The highest BCUT2D eigenvalue weighted by Crippen LogP contribution is 2.36. The smallest absolute Gasteiger partial charge is 0.410 e. The second-order valence-electron chi connectivity index (χ2n) is 4.89. The van der Waals surface area contributed by atoms with Crippen molar-refractivity contribution in [1.29, 1.82) is 0 Å². The highest BCUT2D eigenvalue weighted by Gasteiger charge is 2.48. The minimum atomic E-state index is -0.662. The first kappa shape index (κ1) is 13.1. The van der Waals surface area contributed by atoms with Crippen LogP contribution in [0.4, 0.5) is 4.79 Å². The zero-order valence-electron chi connectivity index (χ0n) is 10.7. The van der Waals surface area contributed by atoms with Crippen LogP contribution in [0.2, 0.25) is 0 Å². The molecule has 2 aliphatic rings. The Morgan fingerprint density at radius 2 is 1.89 bits per heavy atom. The number of nitrogens with zero attached hydrogens (tertiary/aromatic N) is 1. The third-order valence-electron chi connectivity index (χ3n) is 3.77. The van der Waals surface area contributed by atoms with Gasteiger partial charge in [-0.3, -0.25) is 9.69 Å². The number of hydrogen-bond donors (Lipinski definition) is 1. The largest absolute Gasteiger partial charge is 0.460 e. The Hall–Kier alpha value is -1.30. The molecule has 6 heteroatoms. The summed E-state index contributed by atoms with van der Waals surface area (Å²) in [5.74, 6) is -0.388. The fourth-order valence-corrected chi connectivity index (χ4v) is 3.06. The number of esters is 1. The van der Waals surface area contributed by atoms with Gasteiger partial charge >= 0.3 is 12.1 Å². The monoisotopic (exact) mass is 257 g/mol. The summed E-state index contributed by atoms with van der Waals surface area (Å²) < 4.78 is 9.99. The van der Waals surface area contributed by atoms with Gasteiger partial charge in [0.2, 0.25) is 0 Å². The highest BCUT2D eigenvalue weighted by molar-refractivity contribution is 5.69. The summed E-state index contributed by atoms with van der Waals surface area (Å²) in [6, 6.07) is -0.397. The van der Waals surface area contributed by atoms with Gasteiger partial charge in [-0.25, -0.2) is 4.79 Å². The van der Waals surface area contributed by atoms with Crippen molar-refractivity contribution in [3.05, 3.63) is 0 Å². The fourth-order valence-electron chi connectivity index (χ4n) is 3.06. The Labute approximate surface area is 106 Å². The lowest BCUT2D eigenvalue weighted by molar-refractivity contribution is -0.162. The average molecular weight is 257 g/mol. The summed E-state index contributed by atoms with van der Waals surface area (Å²) >= 11 is 0. The first-order chi connectivity index (χ1) is 8.54. The molecular weight excluding hydrogens is 238 g/mol. The van der Waals surface area contributed by atoms with E-state index in [0.29, 0.717) is 12.8 Å². The second kappa shape index (κ2) is 5.14. The molecule has 2 aliphatic heterocycles. The van der Waals surface area contributed by atoms with Crippen LogP contribution in [0.3, 0.4) is 0 Å². The lowest BCUT2D eigenvalue weighted by atomic mass is 9.81. The molecule has 0 spiro atoms. The van der Waals surface area contributed by atoms with Crippen molar-refractivity contribution in [1.82, 2.24) is 4.90 Å². The molecule has 2 bridgehead atoms. The van der Waals surface area contributed by atoms with Crippen molar-refractivity contribution >= 4 is 12.1 Å². The van der Waals surface area contributed by atoms with E-state index in [0.717, 1.165) is 12.8 Å². The van der Waals surface area contributed by atoms with Crippen LogP contribution in [-0.4, -0.2) is 53.5 Å². The number of aliphatic hydroxyl groups excluding tert-OH is 1. The number of ether oxygens (including phenoxy) is 2. The number of hydrogen-bond acceptors (Lipinski definition) is 5. The van der Waals surface area contributed by atoms with E-state index < -0.39 is 24.3 Å². The zero-order chi connectivity index (χ0) is 13.3. The van der Waals surface area contributed by atoms with Crippen LogP contribution in [0.1, 0.15) is 32.6 Å². The Morgan fingerprint density at radius 1 is 1.22 bits per heavy atom. The van der Waals surface area contributed by atoms with Crippen LogP contribution < -0.4 is 0 Å². The quantitative estimate of drug-likeness (QED) is 0.699. The summed E-state index contributed by atoms with van der Waals surface area (Å²) in [4.78, 5) is 24.4. The van der Waals surface area contributed by atoms with Crippen molar-refractivity contribution in [3.63, 3.8) is 0 Å². The molecule has 1 N–H and O–H groups in total. The van der Waals surface area contributed by atoms with E-state index in [4.69, 9.17) is 9.47 Å². The number of fused-ring (bicyclic) bond motifs is 2. The van der Waals surface area contributed by atoms with E-state index in [1.54, 1.807) is 4.90 Å². The molecule has 2 heterocycles. The summed E-state index contributed by atoms with van der Waals surface area (Å²) in [6.45, 7) is 1.34. The molecule has 0 saturated carbocycles. The van der Waals surface area contributed by atoms with E-state index in [9.17, 15) is 14.7 Å². The van der Waals surface area contributed by atoms with Crippen molar-refractivity contribution in [2.75, 3.05) is 7.11 Å². The maximum Gasteiger partial charge on any atom is 0.410 e. The summed E-state index contributed by atoms with van der Waals surface area (Å²) in [7, 11) is 1.32. The van der Waals surface area contributed by atoms with Gasteiger partial charge in [-0.2, -0.15) is 0 Å². The summed E-state index contributed by atoms with van der Waals surface area (Å²) in [6.07, 6.45) is 1.29. The molecule has 102 valence electrons. The third kappa shape index (κ3) is 2.29. The van der Waals surface area contributed by atoms with Gasteiger partial charge in [-0.1, -0.05) is 0 Å². The van der Waals surface area contributed by atoms with Crippen molar-refractivity contribution in [3.8, 4) is 0 Å². The van der Waals surface area contributed by atoms with E-state index in [1.165, 1.54) is 14.0 Å². The molecular formula is C12H19NO5. The van der Waals surface area contributed by atoms with Gasteiger partial charge in [-0.15, -0.1) is 0 Å². The lowest BCUT2D eigenvalue weighted by Crippen LogP contribution is -2.64. The Balaban J connectivity index is 2.21. The standard InChI is InChI=1S/C12H19NO5/c1-7(14)18-10-6-4-8-3-5-9(15)11(10)13(8)12(16)17-2/h8-11,15H,3-6H2,1-2H3/t8-,9-,10+,11+/m1/s1. The van der Waals surface area contributed by atoms with E-state index in [-0.39, 0.29) is 12.0 Å². The van der Waals surface area contributed by atoms with E-state index in [1.807, 2.05) is 0 Å². The molecule has 0 unspecified atom stereocenters. The first-order valence-electron chi connectivity index (χ1n) is 6.26. The van der Waals surface area contributed by atoms with Gasteiger partial charge in [-0.05, 0) is 25.7 Å². The second-order valence-corrected chi connectivity index (χ2v) is 4.89. The van der Waals surface area contributed by atoms with Gasteiger partial charge in [0.15, 0.2) is 0 Å². The predicted molar refractivity (Wildman–Crippen MR) is 61.8 cm³/mol. The maximum atomic E-state index is 11.8. The molecule has 2 rings (SSSR count). The van der Waals surface area contributed by atoms with Crippen LogP contribution in [0, 0.1) is 0 Å². The van der Waals surface area contributed by atoms with Crippen LogP contribution in [0.25, 0.3) is 0 Å². The molecule has 1 amide bonds. The summed E-state index contributed by atoms with van der Waals surface area (Å²) in [5, 5.41) is 10.1. The molecule has 0 aromatic rings. The molecule has 0 radical (unpaired) electrons. The van der Waals surface area contributed by atoms with Crippen LogP contribution in [0.5, 0.6) is 0 Å². The molecule has 0 aliphatic carbocycles. The van der Waals surface area contributed by atoms with Crippen molar-refractivity contribution < 1.29 is 24.2 Å². The Bertz CT molecular complexity index is 345. The van der Waals surface area contributed by atoms with Crippen LogP contribution in [-0.2, 0) is 14.3 Å². The molecule has 2 fully saturated rings. The molecule has 6 nitrogen and oxygen atoms in total. The van der Waals surface area contributed by atoms with Gasteiger partial charge < -0.3 is 14.6 Å².